The molecule has 0 heterocycles. The van der Waals surface area contributed by atoms with E-state index in [2.05, 4.69) is 16.0 Å². The van der Waals surface area contributed by atoms with Crippen molar-refractivity contribution in [3.63, 3.8) is 0 Å². The van der Waals surface area contributed by atoms with Crippen molar-refractivity contribution in [2.45, 2.75) is 59.5 Å². The number of amides is 5. The highest BCUT2D eigenvalue weighted by Crippen LogP contribution is 2.04. The van der Waals surface area contributed by atoms with Crippen LogP contribution in [0.5, 0.6) is 0 Å². The van der Waals surface area contributed by atoms with Crippen LogP contribution in [0, 0.1) is 5.92 Å². The van der Waals surface area contributed by atoms with E-state index in [0.717, 1.165) is 0 Å². The molecule has 0 aliphatic rings. The summed E-state index contributed by atoms with van der Waals surface area (Å²) >= 11 is 0. The van der Waals surface area contributed by atoms with Gasteiger partial charge >= 0.3 is 6.03 Å². The highest BCUT2D eigenvalue weighted by atomic mass is 16.2. The lowest BCUT2D eigenvalue weighted by atomic mass is 10.0. The van der Waals surface area contributed by atoms with Crippen LogP contribution >= 0.6 is 0 Å². The summed E-state index contributed by atoms with van der Waals surface area (Å²) in [6, 6.07) is -2.30. The quantitative estimate of drug-likeness (QED) is 0.135. The maximum atomic E-state index is 12.3. The van der Waals surface area contributed by atoms with Crippen LogP contribution in [0.25, 0.3) is 0 Å². The maximum absolute atomic E-state index is 12.3. The highest BCUT2D eigenvalue weighted by Gasteiger charge is 2.27. The van der Waals surface area contributed by atoms with E-state index in [1.807, 2.05) is 19.3 Å². The molecule has 0 spiro atoms. The third-order valence-corrected chi connectivity index (χ3v) is 3.05. The van der Waals surface area contributed by atoms with Gasteiger partial charge in [0, 0.05) is 13.5 Å². The second-order valence-corrected chi connectivity index (χ2v) is 5.43. The molecule has 2 unspecified atom stereocenters. The fourth-order valence-electron chi connectivity index (χ4n) is 1.90. The first-order valence-electron chi connectivity index (χ1n) is 8.30. The number of urea groups is 1. The van der Waals surface area contributed by atoms with Crippen LogP contribution in [-0.4, -0.2) is 42.4 Å². The van der Waals surface area contributed by atoms with Gasteiger partial charge < -0.3 is 21.7 Å². The molecule has 0 radical (unpaired) electrons. The van der Waals surface area contributed by atoms with Gasteiger partial charge in [-0.25, -0.2) is 10.6 Å². The summed E-state index contributed by atoms with van der Waals surface area (Å²) in [5, 5.41) is 7.47. The van der Waals surface area contributed by atoms with Gasteiger partial charge in [0.15, 0.2) is 0 Å². The van der Waals surface area contributed by atoms with Gasteiger partial charge in [0.25, 0.3) is 5.91 Å². The molecule has 0 rings (SSSR count). The van der Waals surface area contributed by atoms with E-state index in [1.54, 1.807) is 13.8 Å². The van der Waals surface area contributed by atoms with Gasteiger partial charge in [-0.05, 0) is 18.8 Å². The van der Waals surface area contributed by atoms with Gasteiger partial charge in [-0.3, -0.25) is 19.8 Å². The van der Waals surface area contributed by atoms with Crippen molar-refractivity contribution in [1.29, 1.82) is 0 Å². The maximum Gasteiger partial charge on any atom is 0.312 e. The summed E-state index contributed by atoms with van der Waals surface area (Å²) in [5.74, 6) is 3.56. The Morgan fingerprint density at radius 2 is 1.56 bits per heavy atom. The van der Waals surface area contributed by atoms with Crippen LogP contribution in [0.15, 0.2) is 0 Å². The molecule has 10 nitrogen and oxygen atoms in total. The number of nitrogens with one attached hydrogen (secondary N) is 4. The molecule has 5 amide bonds. The number of hydrazine groups is 1. The van der Waals surface area contributed by atoms with Crippen molar-refractivity contribution in [3.8, 4) is 0 Å². The van der Waals surface area contributed by atoms with E-state index >= 15 is 0 Å². The molecule has 0 aromatic heterocycles. The molecule has 0 aromatic carbocycles. The van der Waals surface area contributed by atoms with E-state index in [4.69, 9.17) is 11.6 Å². The van der Waals surface area contributed by atoms with E-state index < -0.39 is 29.9 Å². The fourth-order valence-corrected chi connectivity index (χ4v) is 1.90. The first-order valence-corrected chi connectivity index (χ1v) is 8.30. The van der Waals surface area contributed by atoms with Crippen LogP contribution < -0.4 is 33.0 Å². The van der Waals surface area contributed by atoms with Crippen molar-refractivity contribution >= 4 is 23.8 Å². The smallest absolute Gasteiger partial charge is 0.312 e. The summed E-state index contributed by atoms with van der Waals surface area (Å²) < 4.78 is 0. The third-order valence-electron chi connectivity index (χ3n) is 3.05. The van der Waals surface area contributed by atoms with E-state index in [1.165, 1.54) is 6.92 Å². The molecule has 0 saturated carbocycles. The molecular weight excluding hydrogens is 328 g/mol. The standard InChI is InChI=1S/C13H26N6O4.C2H6/c1-7(2)10(17-8(3)20)12(22)18-9(11(21)19-15)5-4-6-16-13(14)23;1-2/h7,9-10H,4-6,15H2,1-3H3,(H,17,20)(H,18,22)(H,19,21)(H3,14,16,23);1-2H3. The monoisotopic (exact) mass is 360 g/mol. The van der Waals surface area contributed by atoms with Crippen LogP contribution in [0.4, 0.5) is 4.79 Å². The van der Waals surface area contributed by atoms with Crippen molar-refractivity contribution in [3.05, 3.63) is 0 Å². The van der Waals surface area contributed by atoms with Crippen molar-refractivity contribution in [2.24, 2.45) is 17.5 Å². The first-order chi connectivity index (χ1) is 11.7. The minimum absolute atomic E-state index is 0.156. The van der Waals surface area contributed by atoms with Gasteiger partial charge in [-0.1, -0.05) is 27.7 Å². The topological polar surface area (TPSA) is 168 Å². The zero-order valence-electron chi connectivity index (χ0n) is 15.6. The Hall–Kier alpha value is -2.36. The summed E-state index contributed by atoms with van der Waals surface area (Å²) in [4.78, 5) is 45.7. The Kier molecular flexibility index (Phi) is 14.0. The molecule has 0 aromatic rings. The molecule has 2 atom stereocenters. The molecule has 146 valence electrons. The number of hydrogen-bond donors (Lipinski definition) is 6. The third kappa shape index (κ3) is 11.8. The lowest BCUT2D eigenvalue weighted by Gasteiger charge is -2.24. The summed E-state index contributed by atoms with van der Waals surface area (Å²) in [5.41, 5.74) is 6.91. The van der Waals surface area contributed by atoms with E-state index in [9.17, 15) is 19.2 Å². The largest absolute Gasteiger partial charge is 0.352 e. The summed E-state index contributed by atoms with van der Waals surface area (Å²) in [7, 11) is 0. The van der Waals surface area contributed by atoms with Gasteiger partial charge in [0.05, 0.1) is 0 Å². The molecule has 8 N–H and O–H groups in total. The number of primary amides is 1. The second kappa shape index (κ2) is 14.0. The Morgan fingerprint density at radius 1 is 1.00 bits per heavy atom. The highest BCUT2D eigenvalue weighted by molar-refractivity contribution is 5.91. The predicted molar refractivity (Wildman–Crippen MR) is 94.9 cm³/mol. The SMILES string of the molecule is CC.CC(=O)NC(C(=O)NC(CCCNC(N)=O)C(=O)NN)C(C)C. The van der Waals surface area contributed by atoms with Crippen LogP contribution in [0.2, 0.25) is 0 Å². The average molecular weight is 360 g/mol. The molecule has 0 aliphatic carbocycles. The number of carbonyl (C=O) groups is 4. The summed E-state index contributed by atoms with van der Waals surface area (Å²) in [6.07, 6.45) is 0.660. The van der Waals surface area contributed by atoms with E-state index in [0.29, 0.717) is 6.42 Å². The zero-order valence-corrected chi connectivity index (χ0v) is 15.6. The van der Waals surface area contributed by atoms with Crippen LogP contribution in [-0.2, 0) is 14.4 Å². The molecule has 25 heavy (non-hydrogen) atoms. The lowest BCUT2D eigenvalue weighted by Crippen LogP contribution is -2.56. The normalized spacial score (nSPS) is 12.1. The number of carbonyl (C=O) groups excluding carboxylic acids is 4. The molecule has 0 aliphatic heterocycles. The van der Waals surface area contributed by atoms with Crippen LogP contribution in [0.1, 0.15) is 47.5 Å². The minimum Gasteiger partial charge on any atom is -0.352 e. The predicted octanol–water partition coefficient (Wildman–Crippen LogP) is -0.903. The average Bonchev–Trinajstić information content (AvgIpc) is 2.55. The Labute approximate surface area is 148 Å². The summed E-state index contributed by atoms with van der Waals surface area (Å²) in [6.45, 7) is 9.12. The van der Waals surface area contributed by atoms with Crippen LogP contribution in [0.3, 0.4) is 0 Å². The fraction of sp³-hybridized carbons (Fsp3) is 0.733. The van der Waals surface area contributed by atoms with E-state index in [-0.39, 0.29) is 24.8 Å². The van der Waals surface area contributed by atoms with Gasteiger partial charge in [0.1, 0.15) is 12.1 Å². The zero-order chi connectivity index (χ0) is 20.0. The Balaban J connectivity index is 0. The van der Waals surface area contributed by atoms with Gasteiger partial charge in [-0.15, -0.1) is 0 Å². The van der Waals surface area contributed by atoms with Crippen molar-refractivity contribution < 1.29 is 19.2 Å². The molecular formula is C15H32N6O4. The Morgan fingerprint density at radius 3 is 1.96 bits per heavy atom. The van der Waals surface area contributed by atoms with Crippen molar-refractivity contribution in [1.82, 2.24) is 21.4 Å². The van der Waals surface area contributed by atoms with Gasteiger partial charge in [-0.2, -0.15) is 0 Å². The molecule has 0 saturated heterocycles. The minimum atomic E-state index is -0.878. The molecule has 0 bridgehead atoms. The first kappa shape index (κ1) is 24.9. The molecule has 10 heteroatoms. The number of nitrogens with two attached hydrogens (primary N) is 2. The van der Waals surface area contributed by atoms with Gasteiger partial charge in [0.2, 0.25) is 11.8 Å². The van der Waals surface area contributed by atoms with Crippen molar-refractivity contribution in [2.75, 3.05) is 6.54 Å². The molecule has 0 fully saturated rings. The Bertz CT molecular complexity index is 442. The number of rotatable bonds is 9. The second-order valence-electron chi connectivity index (χ2n) is 5.43. The lowest BCUT2D eigenvalue weighted by molar-refractivity contribution is -0.132. The number of hydrogen-bond acceptors (Lipinski definition) is 5.